The van der Waals surface area contributed by atoms with Gasteiger partial charge in [-0.15, -0.1) is 5.11 Å². The molecule has 0 atom stereocenters. The Kier molecular flexibility index (Phi) is 3.67. The van der Waals surface area contributed by atoms with Gasteiger partial charge in [-0.25, -0.2) is 4.39 Å². The van der Waals surface area contributed by atoms with Crippen LogP contribution in [0, 0.1) is 5.82 Å². The Morgan fingerprint density at radius 3 is 2.44 bits per heavy atom. The summed E-state index contributed by atoms with van der Waals surface area (Å²) in [4.78, 5) is 0. The summed E-state index contributed by atoms with van der Waals surface area (Å²) in [7, 11) is 0. The second-order valence-corrected chi connectivity index (χ2v) is 3.85. The molecule has 3 nitrogen and oxygen atoms in total. The Hall–Kier alpha value is -2.23. The second kappa shape index (κ2) is 5.40. The highest BCUT2D eigenvalue weighted by Crippen LogP contribution is 2.29. The maximum atomic E-state index is 12.7. The van der Waals surface area contributed by atoms with Crippen LogP contribution in [0.4, 0.5) is 15.8 Å². The minimum absolute atomic E-state index is 0.0815. The lowest BCUT2D eigenvalue weighted by molar-refractivity contribution is 0.476. The molecule has 4 heteroatoms. The number of azo groups is 1. The van der Waals surface area contributed by atoms with Crippen LogP contribution in [0.3, 0.4) is 0 Å². The number of nitrogens with zero attached hydrogens (tertiary/aromatic N) is 2. The lowest BCUT2D eigenvalue weighted by atomic mass is 10.1. The number of aryl methyl sites for hydroxylation is 1. The van der Waals surface area contributed by atoms with E-state index >= 15 is 0 Å². The van der Waals surface area contributed by atoms with E-state index in [0.717, 1.165) is 12.0 Å². The number of halogens is 1. The molecule has 0 bridgehead atoms. The number of phenolic OH excluding ortho intramolecular Hbond substituents is 1. The molecule has 92 valence electrons. The highest BCUT2D eigenvalue weighted by molar-refractivity contribution is 5.52. The normalized spacial score (nSPS) is 11.0. The van der Waals surface area contributed by atoms with Gasteiger partial charge in [0.2, 0.25) is 0 Å². The second-order valence-electron chi connectivity index (χ2n) is 3.85. The first kappa shape index (κ1) is 12.2. The van der Waals surface area contributed by atoms with Crippen molar-refractivity contribution in [1.29, 1.82) is 0 Å². The number of phenols is 1. The molecule has 0 saturated heterocycles. The number of benzene rings is 2. The van der Waals surface area contributed by atoms with Gasteiger partial charge in [-0.3, -0.25) is 0 Å². The smallest absolute Gasteiger partial charge is 0.143 e. The fourth-order valence-electron chi connectivity index (χ4n) is 1.49. The zero-order valence-electron chi connectivity index (χ0n) is 9.97. The molecule has 0 radical (unpaired) electrons. The van der Waals surface area contributed by atoms with Crippen LogP contribution < -0.4 is 0 Å². The quantitative estimate of drug-likeness (QED) is 0.793. The van der Waals surface area contributed by atoms with E-state index in [-0.39, 0.29) is 11.6 Å². The maximum absolute atomic E-state index is 12.7. The fraction of sp³-hybridized carbons (Fsp3) is 0.143. The third-order valence-electron chi connectivity index (χ3n) is 2.55. The fourth-order valence-corrected chi connectivity index (χ4v) is 1.49. The summed E-state index contributed by atoms with van der Waals surface area (Å²) in [6, 6.07) is 10.9. The minimum Gasteiger partial charge on any atom is -0.506 e. The SMILES string of the molecule is CCc1ccc(O)c(N=Nc2ccc(F)cc2)c1. The van der Waals surface area contributed by atoms with Crippen LogP contribution in [0.5, 0.6) is 5.75 Å². The van der Waals surface area contributed by atoms with Gasteiger partial charge in [-0.05, 0) is 48.4 Å². The average Bonchev–Trinajstić information content (AvgIpc) is 2.40. The predicted molar refractivity (Wildman–Crippen MR) is 68.1 cm³/mol. The standard InChI is InChI=1S/C14H13FN2O/c1-2-10-3-8-14(18)13(9-10)17-16-12-6-4-11(15)5-7-12/h3-9,18H,2H2,1H3. The van der Waals surface area contributed by atoms with Crippen molar-refractivity contribution in [2.75, 3.05) is 0 Å². The summed E-state index contributed by atoms with van der Waals surface area (Å²) in [6.07, 6.45) is 0.860. The molecule has 1 N–H and O–H groups in total. The third-order valence-corrected chi connectivity index (χ3v) is 2.55. The molecule has 0 aliphatic carbocycles. The van der Waals surface area contributed by atoms with E-state index in [9.17, 15) is 9.50 Å². The van der Waals surface area contributed by atoms with Crippen molar-refractivity contribution >= 4 is 11.4 Å². The molecule has 2 aromatic rings. The Bertz CT molecular complexity index is 565. The monoisotopic (exact) mass is 244 g/mol. The zero-order valence-corrected chi connectivity index (χ0v) is 9.97. The van der Waals surface area contributed by atoms with Crippen molar-refractivity contribution in [2.24, 2.45) is 10.2 Å². The molecular weight excluding hydrogens is 231 g/mol. The summed E-state index contributed by atoms with van der Waals surface area (Å²) < 4.78 is 12.7. The molecule has 0 saturated carbocycles. The van der Waals surface area contributed by atoms with E-state index in [1.165, 1.54) is 24.3 Å². The molecule has 0 aromatic heterocycles. The van der Waals surface area contributed by atoms with E-state index < -0.39 is 0 Å². The topological polar surface area (TPSA) is 45.0 Å². The first-order chi connectivity index (χ1) is 8.69. The van der Waals surface area contributed by atoms with Crippen molar-refractivity contribution < 1.29 is 9.50 Å². The number of hydrogen-bond acceptors (Lipinski definition) is 3. The molecule has 2 aromatic carbocycles. The Labute approximate surface area is 105 Å². The van der Waals surface area contributed by atoms with Gasteiger partial charge in [-0.1, -0.05) is 13.0 Å². The van der Waals surface area contributed by atoms with Crippen LogP contribution >= 0.6 is 0 Å². The van der Waals surface area contributed by atoms with Gasteiger partial charge >= 0.3 is 0 Å². The molecule has 0 heterocycles. The van der Waals surface area contributed by atoms with E-state index in [4.69, 9.17) is 0 Å². The van der Waals surface area contributed by atoms with Crippen molar-refractivity contribution in [2.45, 2.75) is 13.3 Å². The molecule has 0 fully saturated rings. The molecule has 0 spiro atoms. The summed E-state index contributed by atoms with van der Waals surface area (Å²) in [5, 5.41) is 17.6. The molecule has 0 aliphatic heterocycles. The van der Waals surface area contributed by atoms with Crippen molar-refractivity contribution in [3.63, 3.8) is 0 Å². The lowest BCUT2D eigenvalue weighted by Gasteiger charge is -2.00. The number of rotatable bonds is 3. The Morgan fingerprint density at radius 2 is 1.78 bits per heavy atom. The highest BCUT2D eigenvalue weighted by atomic mass is 19.1. The van der Waals surface area contributed by atoms with Crippen molar-refractivity contribution in [1.82, 2.24) is 0 Å². The zero-order chi connectivity index (χ0) is 13.0. The lowest BCUT2D eigenvalue weighted by Crippen LogP contribution is -1.78. The minimum atomic E-state index is -0.315. The largest absolute Gasteiger partial charge is 0.506 e. The van der Waals surface area contributed by atoms with E-state index in [1.54, 1.807) is 12.1 Å². The molecule has 0 unspecified atom stereocenters. The number of aromatic hydroxyl groups is 1. The van der Waals surface area contributed by atoms with E-state index in [1.807, 2.05) is 13.0 Å². The van der Waals surface area contributed by atoms with Crippen LogP contribution in [0.15, 0.2) is 52.7 Å². The molecule has 18 heavy (non-hydrogen) atoms. The van der Waals surface area contributed by atoms with E-state index in [0.29, 0.717) is 11.4 Å². The van der Waals surface area contributed by atoms with Crippen LogP contribution in [-0.2, 0) is 6.42 Å². The van der Waals surface area contributed by atoms with Gasteiger partial charge in [0.05, 0.1) is 5.69 Å². The van der Waals surface area contributed by atoms with E-state index in [2.05, 4.69) is 10.2 Å². The van der Waals surface area contributed by atoms with Gasteiger partial charge in [0, 0.05) is 0 Å². The van der Waals surface area contributed by atoms with Gasteiger partial charge in [-0.2, -0.15) is 5.11 Å². The van der Waals surface area contributed by atoms with Crippen LogP contribution in [0.1, 0.15) is 12.5 Å². The molecule has 0 amide bonds. The highest BCUT2D eigenvalue weighted by Gasteiger charge is 2.00. The summed E-state index contributed by atoms with van der Waals surface area (Å²) in [5.41, 5.74) is 2.03. The average molecular weight is 244 g/mol. The van der Waals surface area contributed by atoms with Gasteiger partial charge in [0.25, 0.3) is 0 Å². The van der Waals surface area contributed by atoms with Crippen LogP contribution in [-0.4, -0.2) is 5.11 Å². The van der Waals surface area contributed by atoms with Gasteiger partial charge in [0.1, 0.15) is 17.3 Å². The van der Waals surface area contributed by atoms with Crippen molar-refractivity contribution in [3.05, 3.63) is 53.8 Å². The van der Waals surface area contributed by atoms with Crippen molar-refractivity contribution in [3.8, 4) is 5.75 Å². The number of hydrogen-bond donors (Lipinski definition) is 1. The molecule has 2 rings (SSSR count). The van der Waals surface area contributed by atoms with Gasteiger partial charge in [0.15, 0.2) is 0 Å². The summed E-state index contributed by atoms with van der Waals surface area (Å²) in [5.74, 6) is -0.233. The molecule has 0 aliphatic rings. The summed E-state index contributed by atoms with van der Waals surface area (Å²) in [6.45, 7) is 2.02. The Balaban J connectivity index is 2.25. The Morgan fingerprint density at radius 1 is 1.06 bits per heavy atom. The predicted octanol–water partition coefficient (Wildman–Crippen LogP) is 4.51. The van der Waals surface area contributed by atoms with Crippen LogP contribution in [0.2, 0.25) is 0 Å². The van der Waals surface area contributed by atoms with Gasteiger partial charge < -0.3 is 5.11 Å². The molecular formula is C14H13FN2O. The first-order valence-corrected chi connectivity index (χ1v) is 5.68. The maximum Gasteiger partial charge on any atom is 0.143 e. The summed E-state index contributed by atoms with van der Waals surface area (Å²) >= 11 is 0. The third kappa shape index (κ3) is 2.91. The first-order valence-electron chi connectivity index (χ1n) is 5.68. The van der Waals surface area contributed by atoms with Crippen LogP contribution in [0.25, 0.3) is 0 Å².